The van der Waals surface area contributed by atoms with Crippen LogP contribution in [-0.4, -0.2) is 30.6 Å². The van der Waals surface area contributed by atoms with Gasteiger partial charge < -0.3 is 0 Å². The molecule has 9 heteroatoms. The van der Waals surface area contributed by atoms with E-state index in [-0.39, 0.29) is 11.7 Å². The predicted molar refractivity (Wildman–Crippen MR) is 99.4 cm³/mol. The van der Waals surface area contributed by atoms with Gasteiger partial charge in [-0.05, 0) is 43.3 Å². The molecule has 134 valence electrons. The highest BCUT2D eigenvalue weighted by Crippen LogP contribution is 2.30. The molecule has 0 saturated heterocycles. The molecule has 0 fully saturated rings. The van der Waals surface area contributed by atoms with Crippen molar-refractivity contribution in [3.05, 3.63) is 71.5 Å². The minimum Gasteiger partial charge on any atom is -0.298 e. The van der Waals surface area contributed by atoms with Crippen LogP contribution in [0.2, 0.25) is 0 Å². The largest absolute Gasteiger partial charge is 0.298 e. The number of thiazole rings is 1. The molecule has 27 heavy (non-hydrogen) atoms. The van der Waals surface area contributed by atoms with Crippen molar-refractivity contribution in [3.8, 4) is 17.1 Å². The molecule has 7 nitrogen and oxygen atoms in total. The van der Waals surface area contributed by atoms with Crippen LogP contribution < -0.4 is 5.32 Å². The Balaban J connectivity index is 1.56. The third kappa shape index (κ3) is 3.58. The molecule has 0 bridgehead atoms. The zero-order valence-electron chi connectivity index (χ0n) is 14.1. The summed E-state index contributed by atoms with van der Waals surface area (Å²) < 4.78 is 14.6. The number of amides is 1. The molecule has 0 aliphatic heterocycles. The van der Waals surface area contributed by atoms with Gasteiger partial charge in [-0.3, -0.25) is 10.1 Å². The van der Waals surface area contributed by atoms with Crippen LogP contribution in [0.5, 0.6) is 0 Å². The average Bonchev–Trinajstić information content (AvgIpc) is 3.33. The Labute approximate surface area is 157 Å². The van der Waals surface area contributed by atoms with Gasteiger partial charge in [-0.15, -0.1) is 11.3 Å². The van der Waals surface area contributed by atoms with Gasteiger partial charge in [-0.25, -0.2) is 24.0 Å². The highest BCUT2D eigenvalue weighted by molar-refractivity contribution is 7.16. The number of pyridine rings is 1. The fourth-order valence-electron chi connectivity index (χ4n) is 2.51. The highest BCUT2D eigenvalue weighted by atomic mass is 32.1. The lowest BCUT2D eigenvalue weighted by molar-refractivity contribution is 0.102. The summed E-state index contributed by atoms with van der Waals surface area (Å²) in [5.41, 5.74) is 1.93. The summed E-state index contributed by atoms with van der Waals surface area (Å²) in [6.07, 6.45) is 4.43. The van der Waals surface area contributed by atoms with E-state index < -0.39 is 0 Å². The summed E-state index contributed by atoms with van der Waals surface area (Å²) in [6, 6.07) is 9.32. The highest BCUT2D eigenvalue weighted by Gasteiger charge is 2.14. The second-order valence-corrected chi connectivity index (χ2v) is 6.83. The number of hydrogen-bond donors (Lipinski definition) is 1. The zero-order valence-corrected chi connectivity index (χ0v) is 14.9. The summed E-state index contributed by atoms with van der Waals surface area (Å²) in [4.78, 5) is 26.0. The molecule has 3 aromatic heterocycles. The summed E-state index contributed by atoms with van der Waals surface area (Å²) in [5.74, 6) is -0.123. The molecule has 0 aliphatic carbocycles. The van der Waals surface area contributed by atoms with Crippen LogP contribution in [0.25, 0.3) is 17.1 Å². The maximum Gasteiger partial charge on any atom is 0.257 e. The standard InChI is InChI=1S/C18H13FN6OS/c1-11-16(12-2-4-14(19)5-3-12)23-18(27-11)24-17(26)13-6-7-21-15(8-13)25-10-20-9-22-25/h2-10H,1H3,(H,23,24,26). The SMILES string of the molecule is Cc1sc(NC(=O)c2ccnc(-n3cncn3)c2)nc1-c1ccc(F)cc1. The number of benzene rings is 1. The Kier molecular flexibility index (Phi) is 4.43. The van der Waals surface area contributed by atoms with E-state index in [1.807, 2.05) is 6.92 Å². The Bertz CT molecular complexity index is 1090. The van der Waals surface area contributed by atoms with Crippen LogP contribution in [0.3, 0.4) is 0 Å². The lowest BCUT2D eigenvalue weighted by atomic mass is 10.1. The van der Waals surface area contributed by atoms with Crippen LogP contribution >= 0.6 is 11.3 Å². The molecule has 0 unspecified atom stereocenters. The molecule has 0 spiro atoms. The van der Waals surface area contributed by atoms with Gasteiger partial charge in [-0.1, -0.05) is 0 Å². The van der Waals surface area contributed by atoms with Gasteiger partial charge in [0.15, 0.2) is 10.9 Å². The first-order valence-electron chi connectivity index (χ1n) is 7.96. The van der Waals surface area contributed by atoms with Gasteiger partial charge in [0.1, 0.15) is 18.5 Å². The Morgan fingerprint density at radius 1 is 1.22 bits per heavy atom. The van der Waals surface area contributed by atoms with Crippen molar-refractivity contribution in [2.24, 2.45) is 0 Å². The topological polar surface area (TPSA) is 85.6 Å². The molecule has 3 heterocycles. The molecule has 0 radical (unpaired) electrons. The van der Waals surface area contributed by atoms with Crippen molar-refractivity contribution in [2.45, 2.75) is 6.92 Å². The van der Waals surface area contributed by atoms with Crippen molar-refractivity contribution in [1.29, 1.82) is 0 Å². The summed E-state index contributed by atoms with van der Waals surface area (Å²) in [7, 11) is 0. The number of hydrogen-bond acceptors (Lipinski definition) is 6. The fourth-order valence-corrected chi connectivity index (χ4v) is 3.34. The molecule has 1 N–H and O–H groups in total. The normalized spacial score (nSPS) is 10.7. The third-order valence-electron chi connectivity index (χ3n) is 3.80. The van der Waals surface area contributed by atoms with Crippen molar-refractivity contribution in [3.63, 3.8) is 0 Å². The molecule has 4 aromatic rings. The van der Waals surface area contributed by atoms with Crippen molar-refractivity contribution in [1.82, 2.24) is 24.7 Å². The van der Waals surface area contributed by atoms with Gasteiger partial charge in [0.05, 0.1) is 5.69 Å². The lowest BCUT2D eigenvalue weighted by Gasteiger charge is -2.04. The number of halogens is 1. The monoisotopic (exact) mass is 380 g/mol. The molecular weight excluding hydrogens is 367 g/mol. The number of anilines is 1. The quantitative estimate of drug-likeness (QED) is 0.586. The minimum absolute atomic E-state index is 0.305. The van der Waals surface area contributed by atoms with Gasteiger partial charge in [0, 0.05) is 22.2 Å². The molecule has 0 saturated carbocycles. The molecule has 0 atom stereocenters. The van der Waals surface area contributed by atoms with Gasteiger partial charge in [0.25, 0.3) is 5.91 Å². The Morgan fingerprint density at radius 3 is 2.78 bits per heavy atom. The van der Waals surface area contributed by atoms with Gasteiger partial charge >= 0.3 is 0 Å². The number of carbonyl (C=O) groups is 1. The lowest BCUT2D eigenvalue weighted by Crippen LogP contribution is -2.12. The second-order valence-electron chi connectivity index (χ2n) is 5.63. The van der Waals surface area contributed by atoms with Crippen LogP contribution in [-0.2, 0) is 0 Å². The number of aryl methyl sites for hydroxylation is 1. The van der Waals surface area contributed by atoms with E-state index in [0.717, 1.165) is 10.4 Å². The Morgan fingerprint density at radius 2 is 2.04 bits per heavy atom. The second kappa shape index (κ2) is 7.04. The number of nitrogens with one attached hydrogen (secondary N) is 1. The van der Waals surface area contributed by atoms with Crippen LogP contribution in [0.1, 0.15) is 15.2 Å². The van der Waals surface area contributed by atoms with E-state index in [4.69, 9.17) is 0 Å². The van der Waals surface area contributed by atoms with E-state index >= 15 is 0 Å². The smallest absolute Gasteiger partial charge is 0.257 e. The van der Waals surface area contributed by atoms with Crippen molar-refractivity contribution >= 4 is 22.4 Å². The molecule has 1 amide bonds. The molecular formula is C18H13FN6OS. The maximum absolute atomic E-state index is 13.1. The van der Waals surface area contributed by atoms with E-state index in [1.165, 1.54) is 47.0 Å². The van der Waals surface area contributed by atoms with Crippen LogP contribution in [0.4, 0.5) is 9.52 Å². The van der Waals surface area contributed by atoms with E-state index in [2.05, 4.69) is 25.4 Å². The molecule has 0 aliphatic rings. The number of aromatic nitrogens is 5. The van der Waals surface area contributed by atoms with Crippen LogP contribution in [0, 0.1) is 12.7 Å². The Hall–Kier alpha value is -3.46. The molecule has 1 aromatic carbocycles. The zero-order chi connectivity index (χ0) is 18.8. The van der Waals surface area contributed by atoms with Gasteiger partial charge in [0.2, 0.25) is 0 Å². The van der Waals surface area contributed by atoms with Crippen LogP contribution in [0.15, 0.2) is 55.2 Å². The first-order chi connectivity index (χ1) is 13.1. The van der Waals surface area contributed by atoms with E-state index in [0.29, 0.717) is 22.2 Å². The van der Waals surface area contributed by atoms with Gasteiger partial charge in [-0.2, -0.15) is 5.10 Å². The summed E-state index contributed by atoms with van der Waals surface area (Å²) in [5, 5.41) is 7.26. The first kappa shape index (κ1) is 17.0. The third-order valence-corrected chi connectivity index (χ3v) is 4.68. The predicted octanol–water partition coefficient (Wildman–Crippen LogP) is 3.49. The maximum atomic E-state index is 13.1. The van der Waals surface area contributed by atoms with Crippen molar-refractivity contribution in [2.75, 3.05) is 5.32 Å². The average molecular weight is 380 g/mol. The number of carbonyl (C=O) groups excluding carboxylic acids is 1. The number of rotatable bonds is 4. The van der Waals surface area contributed by atoms with Crippen molar-refractivity contribution < 1.29 is 9.18 Å². The summed E-state index contributed by atoms with van der Waals surface area (Å²) >= 11 is 1.36. The minimum atomic E-state index is -0.307. The first-order valence-corrected chi connectivity index (χ1v) is 8.77. The molecule has 4 rings (SSSR count). The van der Waals surface area contributed by atoms with E-state index in [9.17, 15) is 9.18 Å². The van der Waals surface area contributed by atoms with E-state index in [1.54, 1.807) is 24.3 Å². The fraction of sp³-hybridized carbons (Fsp3) is 0.0556. The summed E-state index contributed by atoms with van der Waals surface area (Å²) in [6.45, 7) is 1.90. The number of nitrogens with zero attached hydrogens (tertiary/aromatic N) is 5.